The number of anilines is 1. The van der Waals surface area contributed by atoms with E-state index in [9.17, 15) is 23.2 Å². The van der Waals surface area contributed by atoms with E-state index in [0.717, 1.165) is 11.1 Å². The number of pyridine rings is 2. The van der Waals surface area contributed by atoms with Gasteiger partial charge in [0.2, 0.25) is 11.8 Å². The Hall–Kier alpha value is -3.89. The molecule has 2 N–H and O–H groups in total. The number of nitrogens with zero attached hydrogens (tertiary/aromatic N) is 4. The minimum atomic E-state index is -2.77. The Morgan fingerprint density at radius 2 is 1.83 bits per heavy atom. The Kier molecular flexibility index (Phi) is 7.27. The molecular formula is C25H28F2N6O3. The molecule has 0 aromatic carbocycles. The summed E-state index contributed by atoms with van der Waals surface area (Å²) in [6, 6.07) is 7.33. The van der Waals surface area contributed by atoms with E-state index in [4.69, 9.17) is 0 Å². The van der Waals surface area contributed by atoms with Crippen molar-refractivity contribution in [3.05, 3.63) is 76.1 Å². The lowest BCUT2D eigenvalue weighted by molar-refractivity contribution is -0.121. The van der Waals surface area contributed by atoms with Crippen molar-refractivity contribution in [1.29, 1.82) is 0 Å². The monoisotopic (exact) mass is 498 g/mol. The molecule has 4 rings (SSSR count). The van der Waals surface area contributed by atoms with Crippen LogP contribution in [0.15, 0.2) is 53.7 Å². The van der Waals surface area contributed by atoms with Gasteiger partial charge in [0.15, 0.2) is 0 Å². The molecule has 0 bridgehead atoms. The van der Waals surface area contributed by atoms with Gasteiger partial charge in [-0.05, 0) is 60.6 Å². The summed E-state index contributed by atoms with van der Waals surface area (Å²) >= 11 is 0. The van der Waals surface area contributed by atoms with Gasteiger partial charge in [-0.1, -0.05) is 0 Å². The van der Waals surface area contributed by atoms with Crippen LogP contribution in [0.3, 0.4) is 0 Å². The molecule has 190 valence electrons. The van der Waals surface area contributed by atoms with Crippen LogP contribution in [0.25, 0.3) is 0 Å². The summed E-state index contributed by atoms with van der Waals surface area (Å²) in [5.74, 6) is -4.00. The molecule has 0 radical (unpaired) electrons. The van der Waals surface area contributed by atoms with Gasteiger partial charge in [-0.15, -0.1) is 0 Å². The maximum absolute atomic E-state index is 13.8. The summed E-state index contributed by atoms with van der Waals surface area (Å²) in [6.45, 7) is 0. The number of hydrogen-bond donors (Lipinski definition) is 2. The fourth-order valence-electron chi connectivity index (χ4n) is 4.40. The van der Waals surface area contributed by atoms with Gasteiger partial charge in [-0.2, -0.15) is 5.10 Å². The summed E-state index contributed by atoms with van der Waals surface area (Å²) in [4.78, 5) is 42.2. The third-order valence-electron chi connectivity index (χ3n) is 6.51. The molecule has 1 fully saturated rings. The smallest absolute Gasteiger partial charge is 0.270 e. The average Bonchev–Trinajstić information content (AvgIpc) is 3.26. The van der Waals surface area contributed by atoms with Gasteiger partial charge in [-0.3, -0.25) is 19.1 Å². The zero-order valence-corrected chi connectivity index (χ0v) is 20.1. The van der Waals surface area contributed by atoms with Crippen LogP contribution < -0.4 is 16.2 Å². The number of carbonyl (C=O) groups is 2. The number of amides is 2. The molecule has 1 aliphatic carbocycles. The van der Waals surface area contributed by atoms with Crippen molar-refractivity contribution >= 4 is 17.6 Å². The average molecular weight is 499 g/mol. The Morgan fingerprint density at radius 1 is 1.11 bits per heavy atom. The number of carbonyl (C=O) groups excluding carboxylic acids is 2. The number of rotatable bonds is 7. The molecule has 3 heterocycles. The predicted molar refractivity (Wildman–Crippen MR) is 129 cm³/mol. The highest BCUT2D eigenvalue weighted by Crippen LogP contribution is 2.37. The molecular weight excluding hydrogens is 470 g/mol. The summed E-state index contributed by atoms with van der Waals surface area (Å²) in [5.41, 5.74) is 1.76. The Bertz CT molecular complexity index is 1310. The quantitative estimate of drug-likeness (QED) is 0.520. The molecule has 0 aliphatic heterocycles. The van der Waals surface area contributed by atoms with Crippen molar-refractivity contribution in [2.75, 3.05) is 5.32 Å². The number of aromatic nitrogens is 4. The van der Waals surface area contributed by atoms with Crippen LogP contribution in [0, 0.1) is 5.92 Å². The second-order valence-electron chi connectivity index (χ2n) is 9.18. The van der Waals surface area contributed by atoms with Crippen molar-refractivity contribution in [3.63, 3.8) is 0 Å². The zero-order valence-electron chi connectivity index (χ0n) is 20.1. The molecule has 1 aliphatic rings. The summed E-state index contributed by atoms with van der Waals surface area (Å²) in [6.07, 6.45) is 4.67. The van der Waals surface area contributed by atoms with E-state index in [1.165, 1.54) is 27.7 Å². The molecule has 2 amide bonds. The molecule has 1 unspecified atom stereocenters. The van der Waals surface area contributed by atoms with Crippen LogP contribution in [0.1, 0.15) is 47.3 Å². The van der Waals surface area contributed by atoms with Crippen molar-refractivity contribution in [2.45, 2.75) is 44.1 Å². The predicted octanol–water partition coefficient (Wildman–Crippen LogP) is 2.67. The maximum atomic E-state index is 13.8. The largest absolute Gasteiger partial charge is 0.339 e. The molecule has 0 saturated heterocycles. The summed E-state index contributed by atoms with van der Waals surface area (Å²) in [5, 5.41) is 9.42. The second-order valence-corrected chi connectivity index (χ2v) is 9.18. The third-order valence-corrected chi connectivity index (χ3v) is 6.51. The minimum Gasteiger partial charge on any atom is -0.339 e. The fourth-order valence-corrected chi connectivity index (χ4v) is 4.40. The maximum Gasteiger partial charge on any atom is 0.270 e. The molecule has 36 heavy (non-hydrogen) atoms. The van der Waals surface area contributed by atoms with Gasteiger partial charge < -0.3 is 15.2 Å². The van der Waals surface area contributed by atoms with Crippen molar-refractivity contribution in [3.8, 4) is 0 Å². The van der Waals surface area contributed by atoms with Gasteiger partial charge in [-0.25, -0.2) is 13.8 Å². The first kappa shape index (κ1) is 25.2. The van der Waals surface area contributed by atoms with Crippen molar-refractivity contribution < 1.29 is 18.4 Å². The fraction of sp³-hybridized carbons (Fsp3) is 0.400. The third kappa shape index (κ3) is 6.02. The van der Waals surface area contributed by atoms with E-state index in [1.54, 1.807) is 38.5 Å². The number of hydrogen-bond acceptors (Lipinski definition) is 5. The van der Waals surface area contributed by atoms with E-state index in [2.05, 4.69) is 20.7 Å². The zero-order chi connectivity index (χ0) is 25.9. The van der Waals surface area contributed by atoms with Crippen LogP contribution in [0.5, 0.6) is 0 Å². The van der Waals surface area contributed by atoms with Crippen LogP contribution in [-0.4, -0.2) is 43.1 Å². The van der Waals surface area contributed by atoms with Gasteiger partial charge in [0.25, 0.3) is 11.5 Å². The number of nitrogens with one attached hydrogen (secondary N) is 2. The van der Waals surface area contributed by atoms with Gasteiger partial charge in [0.05, 0.1) is 0 Å². The van der Waals surface area contributed by atoms with Gasteiger partial charge in [0.1, 0.15) is 17.6 Å². The number of aryl methyl sites for hydroxylation is 2. The van der Waals surface area contributed by atoms with E-state index in [0.29, 0.717) is 6.42 Å². The highest BCUT2D eigenvalue weighted by atomic mass is 19.3. The van der Waals surface area contributed by atoms with Gasteiger partial charge in [0, 0.05) is 51.6 Å². The van der Waals surface area contributed by atoms with Crippen LogP contribution in [-0.2, 0) is 25.3 Å². The molecule has 3 aromatic heterocycles. The minimum absolute atomic E-state index is 0.104. The molecule has 9 nitrogen and oxygen atoms in total. The highest BCUT2D eigenvalue weighted by Gasteiger charge is 2.40. The Morgan fingerprint density at radius 3 is 2.50 bits per heavy atom. The van der Waals surface area contributed by atoms with E-state index in [-0.39, 0.29) is 42.8 Å². The van der Waals surface area contributed by atoms with Crippen molar-refractivity contribution in [1.82, 2.24) is 24.6 Å². The topological polar surface area (TPSA) is 111 Å². The first-order valence-electron chi connectivity index (χ1n) is 11.7. The van der Waals surface area contributed by atoms with Crippen LogP contribution >= 0.6 is 0 Å². The van der Waals surface area contributed by atoms with E-state index in [1.807, 2.05) is 6.07 Å². The summed E-state index contributed by atoms with van der Waals surface area (Å²) < 4.78 is 30.4. The molecule has 1 saturated carbocycles. The molecule has 11 heteroatoms. The Balaban J connectivity index is 1.51. The number of alkyl halides is 2. The van der Waals surface area contributed by atoms with E-state index < -0.39 is 29.7 Å². The highest BCUT2D eigenvalue weighted by molar-refractivity contribution is 6.00. The van der Waals surface area contributed by atoms with Gasteiger partial charge >= 0.3 is 0 Å². The lowest BCUT2D eigenvalue weighted by atomic mass is 9.81. The normalized spacial score (nSPS) is 16.3. The number of halogens is 2. The van der Waals surface area contributed by atoms with Crippen LogP contribution in [0.2, 0.25) is 0 Å². The standard InChI is InChI=1S/C25H28F2N6O3/c1-32-12-7-17(15-21(32)34)13-16-5-10-28-20(14-16)30-24(36)22(18-3-8-25(26,27)9-4-18)31-23(35)19-6-11-29-33(19)2/h5-7,10-12,14-15,18,22H,3-4,8-9,13H2,1-2H3,(H,31,35)(H,28,30,36). The first-order chi connectivity index (χ1) is 17.1. The molecule has 0 spiro atoms. The lowest BCUT2D eigenvalue weighted by Gasteiger charge is -2.33. The van der Waals surface area contributed by atoms with Crippen LogP contribution in [0.4, 0.5) is 14.6 Å². The first-order valence-corrected chi connectivity index (χ1v) is 11.7. The van der Waals surface area contributed by atoms with Crippen molar-refractivity contribution in [2.24, 2.45) is 20.0 Å². The summed E-state index contributed by atoms with van der Waals surface area (Å²) in [7, 11) is 3.27. The van der Waals surface area contributed by atoms with E-state index >= 15 is 0 Å². The second kappa shape index (κ2) is 10.4. The Labute approximate surface area is 206 Å². The SMILES string of the molecule is Cn1nccc1C(=O)NC(C(=O)Nc1cc(Cc2ccn(C)c(=O)c2)ccn1)C1CCC(F)(F)CC1. The lowest BCUT2D eigenvalue weighted by Crippen LogP contribution is -2.50. The molecule has 3 aromatic rings. The molecule has 1 atom stereocenters.